The molecule has 0 spiro atoms. The fourth-order valence-electron chi connectivity index (χ4n) is 2.54. The first-order valence-electron chi connectivity index (χ1n) is 7.46. The van der Waals surface area contributed by atoms with Crippen molar-refractivity contribution in [2.75, 3.05) is 31.1 Å². The summed E-state index contributed by atoms with van der Waals surface area (Å²) in [6.07, 6.45) is 1.64. The normalized spacial score (nSPS) is 19.1. The van der Waals surface area contributed by atoms with E-state index in [9.17, 15) is 4.39 Å². The van der Waals surface area contributed by atoms with Crippen molar-refractivity contribution in [3.8, 4) is 5.75 Å². The van der Waals surface area contributed by atoms with E-state index in [0.29, 0.717) is 35.2 Å². The van der Waals surface area contributed by atoms with Crippen LogP contribution in [0.2, 0.25) is 0 Å². The highest BCUT2D eigenvalue weighted by Gasteiger charge is 2.23. The summed E-state index contributed by atoms with van der Waals surface area (Å²) in [5.41, 5.74) is 7.27. The average molecular weight is 305 g/mol. The second-order valence-electron chi connectivity index (χ2n) is 5.73. The second kappa shape index (κ2) is 6.36. The lowest BCUT2D eigenvalue weighted by Crippen LogP contribution is -2.19. The van der Waals surface area contributed by atoms with Gasteiger partial charge >= 0.3 is 0 Å². The molecule has 0 radical (unpaired) electrons. The van der Waals surface area contributed by atoms with Gasteiger partial charge in [0.15, 0.2) is 5.58 Å². The molecule has 1 aliphatic rings. The Morgan fingerprint density at radius 3 is 3.14 bits per heavy atom. The van der Waals surface area contributed by atoms with Crippen molar-refractivity contribution < 1.29 is 13.5 Å². The van der Waals surface area contributed by atoms with Crippen LogP contribution in [0.1, 0.15) is 13.3 Å². The van der Waals surface area contributed by atoms with Crippen molar-refractivity contribution in [1.82, 2.24) is 4.98 Å². The number of nitrogens with two attached hydrogens (primary N) is 1. The number of ether oxygens (including phenoxy) is 1. The number of hydrogen-bond acceptors (Lipinski definition) is 5. The zero-order valence-corrected chi connectivity index (χ0v) is 12.6. The van der Waals surface area contributed by atoms with Crippen molar-refractivity contribution in [3.63, 3.8) is 0 Å². The molecule has 1 fully saturated rings. The molecule has 6 heteroatoms. The number of halogens is 1. The van der Waals surface area contributed by atoms with E-state index in [4.69, 9.17) is 14.9 Å². The number of oxazole rings is 1. The van der Waals surface area contributed by atoms with Crippen molar-refractivity contribution in [2.45, 2.75) is 13.3 Å². The number of hydrogen-bond donors (Lipinski definition) is 1. The molecule has 0 bridgehead atoms. The molecule has 22 heavy (non-hydrogen) atoms. The number of nitrogens with zero attached hydrogens (tertiary/aromatic N) is 2. The van der Waals surface area contributed by atoms with Gasteiger partial charge in [0, 0.05) is 31.3 Å². The van der Waals surface area contributed by atoms with E-state index in [2.05, 4.69) is 16.8 Å². The molecular formula is C16H20FN3O2. The summed E-state index contributed by atoms with van der Waals surface area (Å²) in [5, 5.41) is 0. The van der Waals surface area contributed by atoms with E-state index in [1.54, 1.807) is 12.1 Å². The molecule has 2 heterocycles. The van der Waals surface area contributed by atoms with Crippen LogP contribution >= 0.6 is 0 Å². The number of benzene rings is 1. The summed E-state index contributed by atoms with van der Waals surface area (Å²) in [7, 11) is 0. The standard InChI is InChI=1S/C16H20FN3O2/c1-11-4-5-20(9-11)16-19-14-3-2-13(6-15(14)22-16)21-10-12(7-17)8-18/h2-3,6-7,11H,4-5,8-10,18H2,1H3/b12-7-. The molecule has 1 unspecified atom stereocenters. The van der Waals surface area contributed by atoms with Crippen LogP contribution in [0, 0.1) is 5.92 Å². The largest absolute Gasteiger partial charge is 0.489 e. The Morgan fingerprint density at radius 1 is 1.59 bits per heavy atom. The van der Waals surface area contributed by atoms with Gasteiger partial charge in [0.25, 0.3) is 6.01 Å². The highest BCUT2D eigenvalue weighted by molar-refractivity contribution is 5.76. The zero-order valence-electron chi connectivity index (χ0n) is 12.6. The molecule has 0 aliphatic carbocycles. The molecule has 1 aliphatic heterocycles. The minimum Gasteiger partial charge on any atom is -0.489 e. The molecular weight excluding hydrogens is 285 g/mol. The van der Waals surface area contributed by atoms with Gasteiger partial charge in [-0.25, -0.2) is 4.39 Å². The Hall–Kier alpha value is -2.08. The Morgan fingerprint density at radius 2 is 2.45 bits per heavy atom. The van der Waals surface area contributed by atoms with Crippen LogP contribution < -0.4 is 15.4 Å². The molecule has 3 rings (SSSR count). The third-order valence-electron chi connectivity index (χ3n) is 3.88. The third kappa shape index (κ3) is 3.06. The van der Waals surface area contributed by atoms with Crippen LogP contribution in [-0.4, -0.2) is 31.2 Å². The predicted molar refractivity (Wildman–Crippen MR) is 83.7 cm³/mol. The van der Waals surface area contributed by atoms with Gasteiger partial charge in [-0.3, -0.25) is 0 Å². The summed E-state index contributed by atoms with van der Waals surface area (Å²) in [6.45, 7) is 4.43. The molecule has 0 amide bonds. The maximum Gasteiger partial charge on any atom is 0.298 e. The van der Waals surface area contributed by atoms with Crippen LogP contribution in [0.25, 0.3) is 11.1 Å². The molecule has 5 nitrogen and oxygen atoms in total. The van der Waals surface area contributed by atoms with Crippen LogP contribution in [-0.2, 0) is 0 Å². The van der Waals surface area contributed by atoms with Gasteiger partial charge in [-0.2, -0.15) is 4.98 Å². The molecule has 118 valence electrons. The fraction of sp³-hybridized carbons (Fsp3) is 0.438. The number of fused-ring (bicyclic) bond motifs is 1. The van der Waals surface area contributed by atoms with Gasteiger partial charge in [-0.1, -0.05) is 6.92 Å². The summed E-state index contributed by atoms with van der Waals surface area (Å²) >= 11 is 0. The Labute approximate surface area is 128 Å². The van der Waals surface area contributed by atoms with Gasteiger partial charge in [-0.15, -0.1) is 0 Å². The van der Waals surface area contributed by atoms with E-state index in [-0.39, 0.29) is 13.2 Å². The lowest BCUT2D eigenvalue weighted by molar-refractivity contribution is 0.347. The van der Waals surface area contributed by atoms with Gasteiger partial charge in [0.1, 0.15) is 17.9 Å². The Bertz CT molecular complexity index is 683. The molecule has 2 N–H and O–H groups in total. The molecule has 2 aromatic rings. The first-order chi connectivity index (χ1) is 10.7. The monoisotopic (exact) mass is 305 g/mol. The summed E-state index contributed by atoms with van der Waals surface area (Å²) in [6, 6.07) is 6.08. The van der Waals surface area contributed by atoms with E-state index in [1.165, 1.54) is 0 Å². The topological polar surface area (TPSA) is 64.5 Å². The maximum atomic E-state index is 12.5. The van der Waals surface area contributed by atoms with Crippen molar-refractivity contribution >= 4 is 17.1 Å². The molecule has 1 aromatic heterocycles. The minimum atomic E-state index is 0.128. The molecule has 1 aromatic carbocycles. The maximum absolute atomic E-state index is 12.5. The third-order valence-corrected chi connectivity index (χ3v) is 3.88. The van der Waals surface area contributed by atoms with Gasteiger partial charge in [0.05, 0.1) is 6.33 Å². The van der Waals surface area contributed by atoms with E-state index < -0.39 is 0 Å². The second-order valence-corrected chi connectivity index (χ2v) is 5.73. The predicted octanol–water partition coefficient (Wildman–Crippen LogP) is 2.86. The van der Waals surface area contributed by atoms with Gasteiger partial charge in [-0.05, 0) is 24.5 Å². The molecule has 0 saturated carbocycles. The zero-order chi connectivity index (χ0) is 15.5. The number of rotatable bonds is 5. The van der Waals surface area contributed by atoms with Crippen LogP contribution in [0.15, 0.2) is 34.5 Å². The Balaban J connectivity index is 1.75. The van der Waals surface area contributed by atoms with Crippen LogP contribution in [0.4, 0.5) is 10.4 Å². The average Bonchev–Trinajstić information content (AvgIpc) is 3.13. The van der Waals surface area contributed by atoms with Crippen molar-refractivity contribution in [1.29, 1.82) is 0 Å². The molecule has 1 saturated heterocycles. The minimum absolute atomic E-state index is 0.128. The SMILES string of the molecule is CC1CCN(c2nc3ccc(OC/C(=C\F)CN)cc3o2)C1. The van der Waals surface area contributed by atoms with E-state index >= 15 is 0 Å². The first-order valence-corrected chi connectivity index (χ1v) is 7.46. The van der Waals surface area contributed by atoms with E-state index in [1.807, 2.05) is 6.07 Å². The summed E-state index contributed by atoms with van der Waals surface area (Å²) in [4.78, 5) is 6.67. The van der Waals surface area contributed by atoms with Crippen LogP contribution in [0.5, 0.6) is 5.75 Å². The number of aromatic nitrogens is 1. The smallest absolute Gasteiger partial charge is 0.298 e. The lowest BCUT2D eigenvalue weighted by atomic mass is 10.2. The summed E-state index contributed by atoms with van der Waals surface area (Å²) < 4.78 is 23.8. The first kappa shape index (κ1) is 14.8. The highest BCUT2D eigenvalue weighted by Crippen LogP contribution is 2.28. The van der Waals surface area contributed by atoms with Gasteiger partial charge < -0.3 is 19.8 Å². The Kier molecular flexibility index (Phi) is 4.29. The summed E-state index contributed by atoms with van der Waals surface area (Å²) in [5.74, 6) is 1.27. The number of anilines is 1. The van der Waals surface area contributed by atoms with Crippen molar-refractivity contribution in [3.05, 3.63) is 30.1 Å². The van der Waals surface area contributed by atoms with E-state index in [0.717, 1.165) is 25.0 Å². The van der Waals surface area contributed by atoms with Crippen LogP contribution in [0.3, 0.4) is 0 Å². The quantitative estimate of drug-likeness (QED) is 0.920. The fourth-order valence-corrected chi connectivity index (χ4v) is 2.54. The van der Waals surface area contributed by atoms with Gasteiger partial charge in [0.2, 0.25) is 0 Å². The molecule has 1 atom stereocenters. The highest BCUT2D eigenvalue weighted by atomic mass is 19.1. The van der Waals surface area contributed by atoms with Crippen molar-refractivity contribution in [2.24, 2.45) is 11.7 Å². The lowest BCUT2D eigenvalue weighted by Gasteiger charge is -2.11.